The highest BCUT2D eigenvalue weighted by Gasteiger charge is 2.58. The van der Waals surface area contributed by atoms with Crippen LogP contribution >= 0.6 is 0 Å². The van der Waals surface area contributed by atoms with Gasteiger partial charge in [0.15, 0.2) is 6.29 Å². The molecule has 0 N–H and O–H groups in total. The van der Waals surface area contributed by atoms with E-state index in [2.05, 4.69) is 32.9 Å². The van der Waals surface area contributed by atoms with Gasteiger partial charge < -0.3 is 9.47 Å². The van der Waals surface area contributed by atoms with E-state index < -0.39 is 0 Å². The molecule has 0 spiro atoms. The highest BCUT2D eigenvalue weighted by molar-refractivity contribution is 5.77. The number of hydrogen-bond donors (Lipinski definition) is 0. The summed E-state index contributed by atoms with van der Waals surface area (Å²) in [6.45, 7) is 10.5. The SMILES string of the molecule is CCC(=O)CCC/C=C(\C)[C@H]1CC[C@H]2[C@@H]3CC=C4C[C@@H](OC5CCCCO5)CC[C@]4(C)[C@H]3CC[C@]12C. The summed E-state index contributed by atoms with van der Waals surface area (Å²) in [5.74, 6) is 3.73. The van der Waals surface area contributed by atoms with Gasteiger partial charge in [-0.15, -0.1) is 0 Å². The summed E-state index contributed by atoms with van der Waals surface area (Å²) in [5, 5.41) is 0. The molecule has 8 atom stereocenters. The Morgan fingerprint density at radius 3 is 2.75 bits per heavy atom. The van der Waals surface area contributed by atoms with E-state index in [4.69, 9.17) is 9.47 Å². The summed E-state index contributed by atoms with van der Waals surface area (Å²) in [6, 6.07) is 0. The molecule has 1 unspecified atom stereocenters. The van der Waals surface area contributed by atoms with E-state index in [1.807, 2.05) is 6.92 Å². The fourth-order valence-corrected chi connectivity index (χ4v) is 9.47. The molecule has 202 valence electrons. The van der Waals surface area contributed by atoms with Crippen LogP contribution in [0.3, 0.4) is 0 Å². The number of Topliss-reactive ketones (excluding diaryl/α,β-unsaturated/α-hetero) is 1. The Bertz CT molecular complexity index is 851. The number of fused-ring (bicyclic) bond motifs is 5. The van der Waals surface area contributed by atoms with E-state index in [0.29, 0.717) is 29.1 Å². The Kier molecular flexibility index (Phi) is 8.19. The normalized spacial score (nSPS) is 42.8. The second-order valence-electron chi connectivity index (χ2n) is 13.5. The van der Waals surface area contributed by atoms with Gasteiger partial charge in [-0.05, 0) is 125 Å². The molecule has 4 fully saturated rings. The van der Waals surface area contributed by atoms with Gasteiger partial charge in [0.1, 0.15) is 5.78 Å². The Labute approximate surface area is 220 Å². The first kappa shape index (κ1) is 26.7. The van der Waals surface area contributed by atoms with Gasteiger partial charge in [0, 0.05) is 19.4 Å². The summed E-state index contributed by atoms with van der Waals surface area (Å²) in [7, 11) is 0. The van der Waals surface area contributed by atoms with Gasteiger partial charge in [-0.3, -0.25) is 4.79 Å². The molecule has 5 rings (SSSR count). The summed E-state index contributed by atoms with van der Waals surface area (Å²) < 4.78 is 12.4. The molecule has 3 heteroatoms. The van der Waals surface area contributed by atoms with Crippen LogP contribution in [0.4, 0.5) is 0 Å². The average Bonchev–Trinajstić information content (AvgIpc) is 3.24. The van der Waals surface area contributed by atoms with Crippen LogP contribution in [0.25, 0.3) is 0 Å². The molecule has 36 heavy (non-hydrogen) atoms. The number of rotatable bonds is 8. The minimum atomic E-state index is 0.0410. The number of carbonyl (C=O) groups excluding carboxylic acids is 1. The molecule has 0 aromatic heterocycles. The Balaban J connectivity index is 1.23. The van der Waals surface area contributed by atoms with E-state index >= 15 is 0 Å². The van der Waals surface area contributed by atoms with E-state index in [1.165, 1.54) is 57.8 Å². The molecular formula is C33H52O3. The largest absolute Gasteiger partial charge is 0.353 e. The quantitative estimate of drug-likeness (QED) is 0.249. The molecule has 0 radical (unpaired) electrons. The van der Waals surface area contributed by atoms with Gasteiger partial charge in [0.05, 0.1) is 6.10 Å². The van der Waals surface area contributed by atoms with Crippen LogP contribution in [0, 0.1) is 34.5 Å². The van der Waals surface area contributed by atoms with Gasteiger partial charge in [-0.25, -0.2) is 0 Å². The molecule has 1 aliphatic heterocycles. The number of ether oxygens (including phenoxy) is 2. The van der Waals surface area contributed by atoms with Crippen molar-refractivity contribution in [1.82, 2.24) is 0 Å². The van der Waals surface area contributed by atoms with Crippen molar-refractivity contribution in [3.8, 4) is 0 Å². The lowest BCUT2D eigenvalue weighted by Crippen LogP contribution is -2.50. The van der Waals surface area contributed by atoms with E-state index in [-0.39, 0.29) is 6.29 Å². The van der Waals surface area contributed by atoms with Gasteiger partial charge in [0.25, 0.3) is 0 Å². The highest BCUT2D eigenvalue weighted by Crippen LogP contribution is 2.67. The fourth-order valence-electron chi connectivity index (χ4n) is 9.47. The predicted molar refractivity (Wildman–Crippen MR) is 147 cm³/mol. The van der Waals surface area contributed by atoms with Crippen molar-refractivity contribution < 1.29 is 14.3 Å². The molecule has 0 aromatic carbocycles. The molecule has 0 aromatic rings. The van der Waals surface area contributed by atoms with Crippen molar-refractivity contribution in [2.45, 2.75) is 136 Å². The van der Waals surface area contributed by atoms with Crippen molar-refractivity contribution in [2.24, 2.45) is 34.5 Å². The number of hydrogen-bond acceptors (Lipinski definition) is 3. The first-order chi connectivity index (χ1) is 17.3. The molecule has 3 nitrogen and oxygen atoms in total. The van der Waals surface area contributed by atoms with Gasteiger partial charge in [-0.2, -0.15) is 0 Å². The first-order valence-electron chi connectivity index (χ1n) is 15.5. The van der Waals surface area contributed by atoms with Gasteiger partial charge >= 0.3 is 0 Å². The minimum absolute atomic E-state index is 0.0410. The van der Waals surface area contributed by atoms with Crippen molar-refractivity contribution in [3.63, 3.8) is 0 Å². The second-order valence-corrected chi connectivity index (χ2v) is 13.5. The Morgan fingerprint density at radius 1 is 1.11 bits per heavy atom. The lowest BCUT2D eigenvalue weighted by Gasteiger charge is -2.58. The van der Waals surface area contributed by atoms with E-state index in [1.54, 1.807) is 11.1 Å². The number of unbranched alkanes of at least 4 members (excludes halogenated alkanes) is 1. The van der Waals surface area contributed by atoms with Crippen molar-refractivity contribution in [2.75, 3.05) is 6.61 Å². The number of allylic oxidation sites excluding steroid dienone is 3. The first-order valence-corrected chi connectivity index (χ1v) is 15.5. The van der Waals surface area contributed by atoms with Crippen LogP contribution in [0.15, 0.2) is 23.3 Å². The molecule has 4 aliphatic carbocycles. The fraction of sp³-hybridized carbons (Fsp3) is 0.848. The zero-order valence-electron chi connectivity index (χ0n) is 23.7. The van der Waals surface area contributed by atoms with Crippen LogP contribution in [0.2, 0.25) is 0 Å². The molecule has 5 aliphatic rings. The van der Waals surface area contributed by atoms with Crippen molar-refractivity contribution in [3.05, 3.63) is 23.3 Å². The third-order valence-electron chi connectivity index (χ3n) is 11.6. The molecule has 0 amide bonds. The predicted octanol–water partition coefficient (Wildman–Crippen LogP) is 8.57. The van der Waals surface area contributed by atoms with Gasteiger partial charge in [0.2, 0.25) is 0 Å². The van der Waals surface area contributed by atoms with Gasteiger partial charge in [-0.1, -0.05) is 44.1 Å². The van der Waals surface area contributed by atoms with Crippen LogP contribution in [0.5, 0.6) is 0 Å². The zero-order chi connectivity index (χ0) is 25.3. The smallest absolute Gasteiger partial charge is 0.157 e. The molecule has 0 bridgehead atoms. The maximum absolute atomic E-state index is 11.7. The number of carbonyl (C=O) groups is 1. The molecule has 1 heterocycles. The molecule has 1 saturated heterocycles. The van der Waals surface area contributed by atoms with Crippen LogP contribution in [-0.2, 0) is 14.3 Å². The standard InChI is InChI=1S/C33H52O3/c1-5-25(34)11-7-6-10-23(2)28-15-16-29-27-14-13-24-22-26(36-31-12-8-9-21-35-31)17-19-32(24,3)30(27)18-20-33(28,29)4/h10,13,26-31H,5-9,11-12,14-22H2,1-4H3/b23-10+/t26-,27-,28+,29-,30-,31?,32-,33+/m0/s1. The summed E-state index contributed by atoms with van der Waals surface area (Å²) in [5.41, 5.74) is 4.17. The van der Waals surface area contributed by atoms with Crippen LogP contribution in [-0.4, -0.2) is 24.8 Å². The van der Waals surface area contributed by atoms with Crippen LogP contribution in [0.1, 0.15) is 124 Å². The third kappa shape index (κ3) is 5.05. The number of ketones is 1. The third-order valence-corrected chi connectivity index (χ3v) is 11.6. The van der Waals surface area contributed by atoms with E-state index in [0.717, 1.165) is 62.4 Å². The second kappa shape index (κ2) is 11.0. The maximum atomic E-state index is 11.7. The van der Waals surface area contributed by atoms with Crippen molar-refractivity contribution in [1.29, 1.82) is 0 Å². The van der Waals surface area contributed by atoms with Crippen molar-refractivity contribution >= 4 is 5.78 Å². The van der Waals surface area contributed by atoms with Crippen LogP contribution < -0.4 is 0 Å². The van der Waals surface area contributed by atoms with E-state index in [9.17, 15) is 4.79 Å². The highest BCUT2D eigenvalue weighted by atomic mass is 16.7. The average molecular weight is 497 g/mol. The maximum Gasteiger partial charge on any atom is 0.157 e. The molecule has 3 saturated carbocycles. The Morgan fingerprint density at radius 2 is 1.97 bits per heavy atom. The lowest BCUT2D eigenvalue weighted by molar-refractivity contribution is -0.195. The zero-order valence-corrected chi connectivity index (χ0v) is 23.7. The summed E-state index contributed by atoms with van der Waals surface area (Å²) >= 11 is 0. The summed E-state index contributed by atoms with van der Waals surface area (Å²) in [6.07, 6.45) is 23.1. The summed E-state index contributed by atoms with van der Waals surface area (Å²) in [4.78, 5) is 11.7. The Hall–Kier alpha value is -0.930. The minimum Gasteiger partial charge on any atom is -0.353 e. The molecular weight excluding hydrogens is 444 g/mol. The topological polar surface area (TPSA) is 35.5 Å². The monoisotopic (exact) mass is 496 g/mol. The lowest BCUT2D eigenvalue weighted by atomic mass is 9.47.